The molecule has 0 spiro atoms. The molecule has 0 radical (unpaired) electrons. The number of hydrogen-bond acceptors (Lipinski definition) is 2. The van der Waals surface area contributed by atoms with Gasteiger partial charge in [0.05, 0.1) is 0 Å². The first kappa shape index (κ1) is 11.9. The van der Waals surface area contributed by atoms with Crippen molar-refractivity contribution < 1.29 is 4.79 Å². The summed E-state index contributed by atoms with van der Waals surface area (Å²) in [5, 5.41) is 3.59. The van der Waals surface area contributed by atoms with Crippen molar-refractivity contribution >= 4 is 11.5 Å². The predicted molar refractivity (Wildman–Crippen MR) is 71.1 cm³/mol. The number of rotatable bonds is 4. The highest BCUT2D eigenvalue weighted by atomic mass is 16.1. The molecule has 90 valence electrons. The summed E-state index contributed by atoms with van der Waals surface area (Å²) in [7, 11) is 0. The van der Waals surface area contributed by atoms with E-state index in [1.165, 1.54) is 0 Å². The molecule has 1 fully saturated rings. The van der Waals surface area contributed by atoms with Crippen LogP contribution >= 0.6 is 0 Å². The van der Waals surface area contributed by atoms with Gasteiger partial charge in [-0.3, -0.25) is 4.79 Å². The van der Waals surface area contributed by atoms with Crippen molar-refractivity contribution in [1.82, 2.24) is 0 Å². The van der Waals surface area contributed by atoms with Crippen molar-refractivity contribution in [1.29, 1.82) is 0 Å². The first-order valence-corrected chi connectivity index (χ1v) is 6.20. The van der Waals surface area contributed by atoms with E-state index in [0.717, 1.165) is 24.9 Å². The summed E-state index contributed by atoms with van der Waals surface area (Å²) in [5.41, 5.74) is 1.15. The van der Waals surface area contributed by atoms with Crippen LogP contribution < -0.4 is 5.32 Å². The third-order valence-corrected chi connectivity index (χ3v) is 3.48. The number of benzene rings is 1. The molecule has 0 aromatic heterocycles. The number of hydrogen-bond donors (Lipinski definition) is 1. The van der Waals surface area contributed by atoms with Crippen LogP contribution in [-0.2, 0) is 4.79 Å². The molecular formula is C15H19NO. The summed E-state index contributed by atoms with van der Waals surface area (Å²) >= 11 is 0. The minimum atomic E-state index is 0.0248. The molecule has 0 aliphatic heterocycles. The van der Waals surface area contributed by atoms with Crippen LogP contribution in [-0.4, -0.2) is 11.3 Å². The molecule has 0 unspecified atom stereocenters. The van der Waals surface area contributed by atoms with Crippen molar-refractivity contribution in [3.63, 3.8) is 0 Å². The number of carbonyl (C=O) groups excluding carboxylic acids is 1. The van der Waals surface area contributed by atoms with E-state index in [0.29, 0.717) is 18.6 Å². The van der Waals surface area contributed by atoms with E-state index in [2.05, 4.69) is 24.0 Å². The van der Waals surface area contributed by atoms with E-state index in [1.807, 2.05) is 24.3 Å². The normalized spacial score (nSPS) is 18.7. The second-order valence-electron chi connectivity index (χ2n) is 4.80. The molecule has 0 saturated heterocycles. The minimum absolute atomic E-state index is 0.0248. The van der Waals surface area contributed by atoms with E-state index < -0.39 is 0 Å². The molecular weight excluding hydrogens is 210 g/mol. The van der Waals surface area contributed by atoms with Gasteiger partial charge in [-0.1, -0.05) is 24.3 Å². The van der Waals surface area contributed by atoms with Gasteiger partial charge < -0.3 is 5.32 Å². The van der Waals surface area contributed by atoms with E-state index in [1.54, 1.807) is 0 Å². The summed E-state index contributed by atoms with van der Waals surface area (Å²) in [6, 6.07) is 10.2. The van der Waals surface area contributed by atoms with Gasteiger partial charge in [-0.15, -0.1) is 6.58 Å². The van der Waals surface area contributed by atoms with E-state index in [9.17, 15) is 4.79 Å². The monoisotopic (exact) mass is 229 g/mol. The van der Waals surface area contributed by atoms with Crippen LogP contribution in [0.25, 0.3) is 0 Å². The lowest BCUT2D eigenvalue weighted by atomic mass is 9.78. The predicted octanol–water partition coefficient (Wildman–Crippen LogP) is 3.56. The maximum Gasteiger partial charge on any atom is 0.133 e. The molecule has 1 aliphatic rings. The molecule has 17 heavy (non-hydrogen) atoms. The van der Waals surface area contributed by atoms with Crippen LogP contribution in [0.5, 0.6) is 0 Å². The second-order valence-corrected chi connectivity index (χ2v) is 4.80. The summed E-state index contributed by atoms with van der Waals surface area (Å²) in [6.07, 6.45) is 6.06. The molecule has 0 bridgehead atoms. The van der Waals surface area contributed by atoms with E-state index >= 15 is 0 Å². The summed E-state index contributed by atoms with van der Waals surface area (Å²) < 4.78 is 0. The van der Waals surface area contributed by atoms with Gasteiger partial charge in [-0.2, -0.15) is 0 Å². The first-order valence-electron chi connectivity index (χ1n) is 6.20. The molecule has 1 aromatic rings. The number of Topliss-reactive ketones (excluding diaryl/α,β-unsaturated/α-hetero) is 1. The largest absolute Gasteiger partial charge is 0.379 e. The molecule has 2 nitrogen and oxygen atoms in total. The van der Waals surface area contributed by atoms with Gasteiger partial charge >= 0.3 is 0 Å². The highest BCUT2D eigenvalue weighted by Gasteiger charge is 2.33. The summed E-state index contributed by atoms with van der Waals surface area (Å²) in [5.74, 6) is 0.388. The molecule has 0 atom stereocenters. The highest BCUT2D eigenvalue weighted by Crippen LogP contribution is 2.33. The summed E-state index contributed by atoms with van der Waals surface area (Å²) in [4.78, 5) is 11.4. The SMILES string of the molecule is C=CCC1(Nc2ccccc2)CCC(=O)CC1. The van der Waals surface area contributed by atoms with Crippen LogP contribution in [0.2, 0.25) is 0 Å². The second kappa shape index (κ2) is 5.17. The lowest BCUT2D eigenvalue weighted by Crippen LogP contribution is -2.41. The Balaban J connectivity index is 2.12. The molecule has 2 heteroatoms. The Morgan fingerprint density at radius 1 is 1.24 bits per heavy atom. The highest BCUT2D eigenvalue weighted by molar-refractivity contribution is 5.79. The molecule has 0 amide bonds. The first-order chi connectivity index (χ1) is 8.24. The van der Waals surface area contributed by atoms with Gasteiger partial charge in [0.15, 0.2) is 0 Å². The number of carbonyl (C=O) groups is 1. The zero-order valence-corrected chi connectivity index (χ0v) is 10.1. The van der Waals surface area contributed by atoms with E-state index in [4.69, 9.17) is 0 Å². The molecule has 1 N–H and O–H groups in total. The molecule has 1 aliphatic carbocycles. The number of nitrogens with one attached hydrogen (secondary N) is 1. The summed E-state index contributed by atoms with van der Waals surface area (Å²) in [6.45, 7) is 3.84. The van der Waals surface area contributed by atoms with Gasteiger partial charge in [0.2, 0.25) is 0 Å². The smallest absolute Gasteiger partial charge is 0.133 e. The zero-order valence-electron chi connectivity index (χ0n) is 10.1. The fourth-order valence-electron chi connectivity index (χ4n) is 2.49. The third-order valence-electron chi connectivity index (χ3n) is 3.48. The minimum Gasteiger partial charge on any atom is -0.379 e. The van der Waals surface area contributed by atoms with Crippen LogP contribution in [0.4, 0.5) is 5.69 Å². The van der Waals surface area contributed by atoms with Gasteiger partial charge in [0.1, 0.15) is 5.78 Å². The van der Waals surface area contributed by atoms with E-state index in [-0.39, 0.29) is 5.54 Å². The Kier molecular flexibility index (Phi) is 3.62. The van der Waals surface area contributed by atoms with Crippen LogP contribution in [0.3, 0.4) is 0 Å². The lowest BCUT2D eigenvalue weighted by Gasteiger charge is -2.38. The van der Waals surface area contributed by atoms with Gasteiger partial charge in [0.25, 0.3) is 0 Å². The zero-order chi connectivity index (χ0) is 12.1. The topological polar surface area (TPSA) is 29.1 Å². The van der Waals surface area contributed by atoms with Crippen LogP contribution in [0, 0.1) is 0 Å². The Bertz CT molecular complexity index is 387. The average molecular weight is 229 g/mol. The Hall–Kier alpha value is -1.57. The quantitative estimate of drug-likeness (QED) is 0.800. The number of ketones is 1. The van der Waals surface area contributed by atoms with Crippen molar-refractivity contribution in [3.8, 4) is 0 Å². The van der Waals surface area contributed by atoms with Gasteiger partial charge in [0, 0.05) is 24.1 Å². The average Bonchev–Trinajstić information content (AvgIpc) is 2.35. The maximum absolute atomic E-state index is 11.4. The van der Waals surface area contributed by atoms with Gasteiger partial charge in [-0.05, 0) is 31.4 Å². The van der Waals surface area contributed by atoms with Crippen molar-refractivity contribution in [2.45, 2.75) is 37.6 Å². The van der Waals surface area contributed by atoms with Crippen molar-refractivity contribution in [2.75, 3.05) is 5.32 Å². The fourth-order valence-corrected chi connectivity index (χ4v) is 2.49. The third kappa shape index (κ3) is 2.96. The Morgan fingerprint density at radius 3 is 2.47 bits per heavy atom. The van der Waals surface area contributed by atoms with Crippen LogP contribution in [0.1, 0.15) is 32.1 Å². The standard InChI is InChI=1S/C15H19NO/c1-2-10-15(11-8-14(17)9-12-15)16-13-6-4-3-5-7-13/h2-7,16H,1,8-12H2. The van der Waals surface area contributed by atoms with Crippen LogP contribution in [0.15, 0.2) is 43.0 Å². The molecule has 1 saturated carbocycles. The van der Waals surface area contributed by atoms with Crippen molar-refractivity contribution in [3.05, 3.63) is 43.0 Å². The van der Waals surface area contributed by atoms with Crippen molar-refractivity contribution in [2.24, 2.45) is 0 Å². The molecule has 1 aromatic carbocycles. The number of para-hydroxylation sites is 1. The Labute approximate surface area is 103 Å². The Morgan fingerprint density at radius 2 is 1.88 bits per heavy atom. The fraction of sp³-hybridized carbons (Fsp3) is 0.400. The van der Waals surface area contributed by atoms with Gasteiger partial charge in [-0.25, -0.2) is 0 Å². The maximum atomic E-state index is 11.4. The number of anilines is 1. The molecule has 2 rings (SSSR count). The molecule has 0 heterocycles. The lowest BCUT2D eigenvalue weighted by molar-refractivity contribution is -0.121.